The van der Waals surface area contributed by atoms with Crippen molar-refractivity contribution in [2.75, 3.05) is 50.5 Å². The summed E-state index contributed by atoms with van der Waals surface area (Å²) in [6, 6.07) is 14.6. The summed E-state index contributed by atoms with van der Waals surface area (Å²) in [7, 11) is -2.00. The molecule has 1 aliphatic heterocycles. The Labute approximate surface area is 176 Å². The van der Waals surface area contributed by atoms with Crippen molar-refractivity contribution in [2.45, 2.75) is 0 Å². The van der Waals surface area contributed by atoms with Crippen LogP contribution in [0.15, 0.2) is 48.5 Å². The van der Waals surface area contributed by atoms with Crippen LogP contribution in [0.2, 0.25) is 5.02 Å². The van der Waals surface area contributed by atoms with E-state index in [9.17, 15) is 13.2 Å². The van der Waals surface area contributed by atoms with Gasteiger partial charge in [-0.1, -0.05) is 29.8 Å². The number of halogens is 1. The fraction of sp³-hybridized carbons (Fsp3) is 0.350. The molecule has 1 aliphatic rings. The van der Waals surface area contributed by atoms with E-state index >= 15 is 0 Å². The van der Waals surface area contributed by atoms with Crippen molar-refractivity contribution in [1.29, 1.82) is 0 Å². The lowest BCUT2D eigenvalue weighted by atomic mass is 10.2. The Hall–Kier alpha value is -2.29. The third-order valence-corrected chi connectivity index (χ3v) is 6.91. The molecule has 0 saturated carbocycles. The molecule has 0 aromatic heterocycles. The highest BCUT2D eigenvalue weighted by Gasteiger charge is 2.27. The van der Waals surface area contributed by atoms with E-state index in [4.69, 9.17) is 16.3 Å². The third-order valence-electron chi connectivity index (χ3n) is 4.81. The van der Waals surface area contributed by atoms with Crippen LogP contribution in [-0.4, -0.2) is 64.2 Å². The van der Waals surface area contributed by atoms with Crippen molar-refractivity contribution in [3.63, 3.8) is 0 Å². The van der Waals surface area contributed by atoms with E-state index in [1.807, 2.05) is 30.3 Å². The number of hydrogen-bond donors (Lipinski definition) is 1. The van der Waals surface area contributed by atoms with E-state index < -0.39 is 15.9 Å². The number of rotatable bonds is 7. The van der Waals surface area contributed by atoms with E-state index in [-0.39, 0.29) is 17.9 Å². The monoisotopic (exact) mass is 437 g/mol. The summed E-state index contributed by atoms with van der Waals surface area (Å²) in [6.07, 6.45) is 0. The van der Waals surface area contributed by atoms with Gasteiger partial charge in [-0.05, 0) is 30.3 Å². The average Bonchev–Trinajstić information content (AvgIpc) is 2.74. The van der Waals surface area contributed by atoms with Crippen molar-refractivity contribution < 1.29 is 17.9 Å². The van der Waals surface area contributed by atoms with Gasteiger partial charge >= 0.3 is 0 Å². The van der Waals surface area contributed by atoms with Crippen LogP contribution in [0.3, 0.4) is 0 Å². The summed E-state index contributed by atoms with van der Waals surface area (Å²) in [5, 5.41) is 3.04. The number of nitrogens with zero attached hydrogens (tertiary/aromatic N) is 2. The number of amides is 1. The van der Waals surface area contributed by atoms with E-state index in [0.29, 0.717) is 37.0 Å². The van der Waals surface area contributed by atoms with Crippen molar-refractivity contribution in [1.82, 2.24) is 9.62 Å². The summed E-state index contributed by atoms with van der Waals surface area (Å²) in [6.45, 7) is 2.13. The van der Waals surface area contributed by atoms with E-state index in [2.05, 4.69) is 10.2 Å². The first-order valence-corrected chi connectivity index (χ1v) is 11.3. The molecule has 1 saturated heterocycles. The predicted molar refractivity (Wildman–Crippen MR) is 114 cm³/mol. The van der Waals surface area contributed by atoms with Gasteiger partial charge in [-0.2, -0.15) is 4.31 Å². The van der Waals surface area contributed by atoms with Gasteiger partial charge in [-0.25, -0.2) is 8.42 Å². The minimum atomic E-state index is -3.46. The standard InChI is InChI=1S/C20H24ClN3O4S/c1-28-19-8-7-16(21)15-18(19)20(25)22-9-14-29(26,27)24-12-10-23(11-13-24)17-5-3-2-4-6-17/h2-8,15H,9-14H2,1H3,(H,22,25). The molecule has 1 amide bonds. The zero-order valence-electron chi connectivity index (χ0n) is 16.2. The molecule has 0 radical (unpaired) electrons. The number of benzene rings is 2. The minimum Gasteiger partial charge on any atom is -0.496 e. The number of ether oxygens (including phenoxy) is 1. The van der Waals surface area contributed by atoms with Gasteiger partial charge in [-0.15, -0.1) is 0 Å². The molecule has 0 spiro atoms. The predicted octanol–water partition coefficient (Wildman–Crippen LogP) is 2.23. The SMILES string of the molecule is COc1ccc(Cl)cc1C(=O)NCCS(=O)(=O)N1CCN(c2ccccc2)CC1. The molecule has 0 bridgehead atoms. The highest BCUT2D eigenvalue weighted by Crippen LogP contribution is 2.22. The Morgan fingerprint density at radius 1 is 1.10 bits per heavy atom. The molecular formula is C20H24ClN3O4S. The normalized spacial score (nSPS) is 15.2. The smallest absolute Gasteiger partial charge is 0.255 e. The van der Waals surface area contributed by atoms with Crippen LogP contribution in [0.4, 0.5) is 5.69 Å². The number of sulfonamides is 1. The van der Waals surface area contributed by atoms with Crippen LogP contribution >= 0.6 is 11.6 Å². The molecular weight excluding hydrogens is 414 g/mol. The quantitative estimate of drug-likeness (QED) is 0.718. The fourth-order valence-electron chi connectivity index (χ4n) is 3.24. The second kappa shape index (κ2) is 9.47. The summed E-state index contributed by atoms with van der Waals surface area (Å²) in [5.74, 6) is -0.201. The molecule has 0 unspecified atom stereocenters. The number of para-hydroxylation sites is 1. The number of piperazine rings is 1. The molecule has 1 N–H and O–H groups in total. The van der Waals surface area contributed by atoms with Crippen LogP contribution < -0.4 is 15.0 Å². The van der Waals surface area contributed by atoms with Crippen LogP contribution in [0, 0.1) is 0 Å². The summed E-state index contributed by atoms with van der Waals surface area (Å²) in [4.78, 5) is 14.5. The second-order valence-electron chi connectivity index (χ2n) is 6.64. The topological polar surface area (TPSA) is 78.9 Å². The van der Waals surface area contributed by atoms with Gasteiger partial charge in [0.05, 0.1) is 18.4 Å². The Bertz CT molecular complexity index is 945. The largest absolute Gasteiger partial charge is 0.496 e. The van der Waals surface area contributed by atoms with Gasteiger partial charge < -0.3 is 15.0 Å². The number of methoxy groups -OCH3 is 1. The molecule has 2 aromatic rings. The van der Waals surface area contributed by atoms with Gasteiger partial charge in [0, 0.05) is 43.4 Å². The van der Waals surface area contributed by atoms with Crippen LogP contribution in [0.5, 0.6) is 5.75 Å². The van der Waals surface area contributed by atoms with Crippen molar-refractivity contribution >= 4 is 33.2 Å². The third kappa shape index (κ3) is 5.41. The summed E-state index contributed by atoms with van der Waals surface area (Å²) >= 11 is 5.94. The molecule has 0 atom stereocenters. The molecule has 156 valence electrons. The van der Waals surface area contributed by atoms with Crippen molar-refractivity contribution in [3.8, 4) is 5.75 Å². The first-order valence-electron chi connectivity index (χ1n) is 9.30. The van der Waals surface area contributed by atoms with Gasteiger partial charge in [0.25, 0.3) is 5.91 Å². The van der Waals surface area contributed by atoms with Gasteiger partial charge in [0.2, 0.25) is 10.0 Å². The molecule has 1 fully saturated rings. The Kier molecular flexibility index (Phi) is 7.00. The van der Waals surface area contributed by atoms with E-state index in [1.54, 1.807) is 12.1 Å². The zero-order chi connectivity index (χ0) is 20.9. The Balaban J connectivity index is 1.52. The van der Waals surface area contributed by atoms with E-state index in [1.165, 1.54) is 17.5 Å². The number of anilines is 1. The Morgan fingerprint density at radius 2 is 1.79 bits per heavy atom. The lowest BCUT2D eigenvalue weighted by molar-refractivity contribution is 0.0953. The number of hydrogen-bond acceptors (Lipinski definition) is 5. The van der Waals surface area contributed by atoms with Crippen molar-refractivity contribution in [2.24, 2.45) is 0 Å². The number of nitrogens with one attached hydrogen (secondary N) is 1. The van der Waals surface area contributed by atoms with Crippen LogP contribution in [0.25, 0.3) is 0 Å². The lowest BCUT2D eigenvalue weighted by Crippen LogP contribution is -2.50. The first kappa shape index (κ1) is 21.4. The molecule has 1 heterocycles. The number of carbonyl (C=O) groups is 1. The number of carbonyl (C=O) groups excluding carboxylic acids is 1. The van der Waals surface area contributed by atoms with Gasteiger partial charge in [0.15, 0.2) is 0 Å². The highest BCUT2D eigenvalue weighted by molar-refractivity contribution is 7.89. The summed E-state index contributed by atoms with van der Waals surface area (Å²) in [5.41, 5.74) is 1.36. The maximum absolute atomic E-state index is 12.6. The highest BCUT2D eigenvalue weighted by atomic mass is 35.5. The van der Waals surface area contributed by atoms with Crippen LogP contribution in [0.1, 0.15) is 10.4 Å². The first-order chi connectivity index (χ1) is 13.9. The molecule has 29 heavy (non-hydrogen) atoms. The average molecular weight is 438 g/mol. The second-order valence-corrected chi connectivity index (χ2v) is 9.16. The fourth-order valence-corrected chi connectivity index (χ4v) is 4.75. The van der Waals surface area contributed by atoms with E-state index in [0.717, 1.165) is 5.69 Å². The minimum absolute atomic E-state index is 0.00966. The zero-order valence-corrected chi connectivity index (χ0v) is 17.7. The van der Waals surface area contributed by atoms with Crippen molar-refractivity contribution in [3.05, 3.63) is 59.1 Å². The molecule has 0 aliphatic carbocycles. The molecule has 7 nitrogen and oxygen atoms in total. The van der Waals surface area contributed by atoms with Gasteiger partial charge in [0.1, 0.15) is 5.75 Å². The van der Waals surface area contributed by atoms with Crippen LogP contribution in [-0.2, 0) is 10.0 Å². The Morgan fingerprint density at radius 3 is 2.45 bits per heavy atom. The molecule has 2 aromatic carbocycles. The lowest BCUT2D eigenvalue weighted by Gasteiger charge is -2.35. The maximum atomic E-state index is 12.6. The summed E-state index contributed by atoms with van der Waals surface area (Å²) < 4.78 is 31.9. The maximum Gasteiger partial charge on any atom is 0.255 e. The molecule has 3 rings (SSSR count). The van der Waals surface area contributed by atoms with Gasteiger partial charge in [-0.3, -0.25) is 4.79 Å². The molecule has 9 heteroatoms.